The number of fused-ring (bicyclic) bond motifs is 1. The molecule has 1 aliphatic rings. The van der Waals surface area contributed by atoms with Crippen molar-refractivity contribution in [2.75, 3.05) is 11.9 Å². The summed E-state index contributed by atoms with van der Waals surface area (Å²) in [4.78, 5) is 0. The molecule has 1 atom stereocenters. The van der Waals surface area contributed by atoms with Gasteiger partial charge in [-0.2, -0.15) is 5.10 Å². The number of nitrogens with one attached hydrogen (secondary N) is 2. The number of hydrogen-bond acceptors (Lipinski definition) is 2. The van der Waals surface area contributed by atoms with E-state index in [9.17, 15) is 0 Å². The highest BCUT2D eigenvalue weighted by atomic mass is 15.2. The smallest absolute Gasteiger partial charge is 0.151 e. The van der Waals surface area contributed by atoms with Gasteiger partial charge in [0.2, 0.25) is 0 Å². The second kappa shape index (κ2) is 5.11. The largest absolute Gasteiger partial charge is 0.368 e. The molecule has 0 amide bonds. The van der Waals surface area contributed by atoms with Gasteiger partial charge in [-0.3, -0.25) is 5.10 Å². The summed E-state index contributed by atoms with van der Waals surface area (Å²) in [5, 5.41) is 11.2. The molecule has 0 fully saturated rings. The van der Waals surface area contributed by atoms with Crippen LogP contribution in [0.4, 0.5) is 5.82 Å². The Bertz CT molecular complexity index is 366. The zero-order valence-corrected chi connectivity index (χ0v) is 11.5. The molecule has 0 saturated carbocycles. The molecular weight excluding hydrogens is 210 g/mol. The Morgan fingerprint density at radius 1 is 1.35 bits per heavy atom. The lowest BCUT2D eigenvalue weighted by atomic mass is 9.81. The second-order valence-corrected chi connectivity index (χ2v) is 5.98. The lowest BCUT2D eigenvalue weighted by Gasteiger charge is -2.25. The van der Waals surface area contributed by atoms with E-state index >= 15 is 0 Å². The number of rotatable bonds is 4. The first-order valence-corrected chi connectivity index (χ1v) is 6.90. The first kappa shape index (κ1) is 12.5. The van der Waals surface area contributed by atoms with Crippen LogP contribution in [0.25, 0.3) is 0 Å². The highest BCUT2D eigenvalue weighted by Gasteiger charge is 2.27. The van der Waals surface area contributed by atoms with Crippen LogP contribution in [-0.2, 0) is 6.42 Å². The van der Waals surface area contributed by atoms with Crippen LogP contribution in [0.1, 0.15) is 57.7 Å². The molecule has 0 saturated heterocycles. The van der Waals surface area contributed by atoms with Crippen molar-refractivity contribution in [1.82, 2.24) is 10.2 Å². The maximum Gasteiger partial charge on any atom is 0.151 e. The van der Waals surface area contributed by atoms with Gasteiger partial charge in [-0.05, 0) is 31.1 Å². The van der Waals surface area contributed by atoms with Crippen molar-refractivity contribution in [3.63, 3.8) is 0 Å². The van der Waals surface area contributed by atoms with Gasteiger partial charge < -0.3 is 5.32 Å². The molecule has 3 nitrogen and oxygen atoms in total. The molecule has 0 spiro atoms. The Morgan fingerprint density at radius 3 is 2.76 bits per heavy atom. The zero-order valence-electron chi connectivity index (χ0n) is 11.5. The lowest BCUT2D eigenvalue weighted by molar-refractivity contribution is 0.425. The van der Waals surface area contributed by atoms with E-state index in [2.05, 4.69) is 43.2 Å². The first-order valence-electron chi connectivity index (χ1n) is 6.90. The average Bonchev–Trinajstić information content (AvgIpc) is 2.68. The van der Waals surface area contributed by atoms with Crippen molar-refractivity contribution in [3.05, 3.63) is 11.3 Å². The van der Waals surface area contributed by atoms with Crippen molar-refractivity contribution in [2.45, 2.75) is 52.9 Å². The predicted octanol–water partition coefficient (Wildman–Crippen LogP) is 3.55. The van der Waals surface area contributed by atoms with E-state index in [1.165, 1.54) is 30.5 Å². The van der Waals surface area contributed by atoms with Crippen LogP contribution in [0.3, 0.4) is 0 Å². The van der Waals surface area contributed by atoms with Gasteiger partial charge in [0.1, 0.15) is 0 Å². The standard InChI is InChI=1S/C14H25N3/c1-9(2)8-15-14-12-7-5-6-11(10(3)4)13(12)16-17-14/h9-11H,5-8H2,1-4H3,(H2,15,16,17). The number of hydrogen-bond donors (Lipinski definition) is 2. The summed E-state index contributed by atoms with van der Waals surface area (Å²) in [5.41, 5.74) is 2.83. The SMILES string of the molecule is CC(C)CNc1n[nH]c2c1CCCC2C(C)C. The van der Waals surface area contributed by atoms with Crippen LogP contribution >= 0.6 is 0 Å². The van der Waals surface area contributed by atoms with Gasteiger partial charge in [-0.1, -0.05) is 27.7 Å². The lowest BCUT2D eigenvalue weighted by Crippen LogP contribution is -2.15. The van der Waals surface area contributed by atoms with E-state index in [-0.39, 0.29) is 0 Å². The van der Waals surface area contributed by atoms with Crippen LogP contribution in [0.5, 0.6) is 0 Å². The zero-order chi connectivity index (χ0) is 12.4. The van der Waals surface area contributed by atoms with E-state index in [1.54, 1.807) is 0 Å². The summed E-state index contributed by atoms with van der Waals surface area (Å²) in [6, 6.07) is 0. The Balaban J connectivity index is 2.16. The maximum absolute atomic E-state index is 4.47. The summed E-state index contributed by atoms with van der Waals surface area (Å²) in [5.74, 6) is 3.12. The fourth-order valence-electron chi connectivity index (χ4n) is 2.70. The van der Waals surface area contributed by atoms with E-state index in [0.717, 1.165) is 12.4 Å². The normalized spacial score (nSPS) is 19.8. The number of H-pyrrole nitrogens is 1. The minimum absolute atomic E-state index is 0.659. The molecule has 0 aliphatic heterocycles. The molecule has 2 rings (SSSR count). The Hall–Kier alpha value is -0.990. The van der Waals surface area contributed by atoms with Gasteiger partial charge in [0.15, 0.2) is 5.82 Å². The summed E-state index contributed by atoms with van der Waals surface area (Å²) in [6.07, 6.45) is 3.78. The minimum Gasteiger partial charge on any atom is -0.368 e. The van der Waals surface area contributed by atoms with E-state index in [0.29, 0.717) is 17.8 Å². The van der Waals surface area contributed by atoms with E-state index < -0.39 is 0 Å². The van der Waals surface area contributed by atoms with Crippen LogP contribution < -0.4 is 5.32 Å². The first-order chi connectivity index (χ1) is 8.09. The number of nitrogens with zero attached hydrogens (tertiary/aromatic N) is 1. The highest BCUT2D eigenvalue weighted by Crippen LogP contribution is 2.38. The maximum atomic E-state index is 4.47. The van der Waals surface area contributed by atoms with E-state index in [4.69, 9.17) is 0 Å². The molecule has 1 unspecified atom stereocenters. The molecule has 0 bridgehead atoms. The molecule has 0 radical (unpaired) electrons. The van der Waals surface area contributed by atoms with Gasteiger partial charge >= 0.3 is 0 Å². The van der Waals surface area contributed by atoms with Gasteiger partial charge in [0.25, 0.3) is 0 Å². The van der Waals surface area contributed by atoms with Crippen molar-refractivity contribution < 1.29 is 0 Å². The predicted molar refractivity (Wildman–Crippen MR) is 72.4 cm³/mol. The summed E-state index contributed by atoms with van der Waals surface area (Å²) >= 11 is 0. The highest BCUT2D eigenvalue weighted by molar-refractivity contribution is 5.48. The molecule has 1 aliphatic carbocycles. The third-order valence-electron chi connectivity index (χ3n) is 3.69. The molecule has 96 valence electrons. The topological polar surface area (TPSA) is 40.7 Å². The van der Waals surface area contributed by atoms with E-state index in [1.807, 2.05) is 0 Å². The molecule has 2 N–H and O–H groups in total. The molecule has 1 heterocycles. The summed E-state index contributed by atoms with van der Waals surface area (Å²) in [7, 11) is 0. The van der Waals surface area contributed by atoms with Crippen molar-refractivity contribution in [2.24, 2.45) is 11.8 Å². The molecular formula is C14H25N3. The Labute approximate surface area is 104 Å². The average molecular weight is 235 g/mol. The van der Waals surface area contributed by atoms with Gasteiger partial charge in [-0.25, -0.2) is 0 Å². The molecule has 17 heavy (non-hydrogen) atoms. The van der Waals surface area contributed by atoms with Crippen molar-refractivity contribution in [1.29, 1.82) is 0 Å². The molecule has 0 aromatic carbocycles. The summed E-state index contributed by atoms with van der Waals surface area (Å²) < 4.78 is 0. The quantitative estimate of drug-likeness (QED) is 0.838. The third kappa shape index (κ3) is 2.64. The van der Waals surface area contributed by atoms with Crippen molar-refractivity contribution in [3.8, 4) is 0 Å². The number of aromatic nitrogens is 2. The monoisotopic (exact) mass is 235 g/mol. The fraction of sp³-hybridized carbons (Fsp3) is 0.786. The molecule has 1 aromatic heterocycles. The second-order valence-electron chi connectivity index (χ2n) is 5.98. The van der Waals surface area contributed by atoms with Crippen molar-refractivity contribution >= 4 is 5.82 Å². The summed E-state index contributed by atoms with van der Waals surface area (Å²) in [6.45, 7) is 10.1. The van der Waals surface area contributed by atoms with Gasteiger partial charge in [0.05, 0.1) is 0 Å². The Morgan fingerprint density at radius 2 is 2.12 bits per heavy atom. The van der Waals surface area contributed by atoms with Crippen LogP contribution in [-0.4, -0.2) is 16.7 Å². The van der Waals surface area contributed by atoms with Gasteiger partial charge in [-0.15, -0.1) is 0 Å². The minimum atomic E-state index is 0.659. The van der Waals surface area contributed by atoms with Crippen LogP contribution in [0, 0.1) is 11.8 Å². The fourth-order valence-corrected chi connectivity index (χ4v) is 2.70. The molecule has 3 heteroatoms. The molecule has 1 aromatic rings. The Kier molecular flexibility index (Phi) is 3.75. The number of aromatic amines is 1. The van der Waals surface area contributed by atoms with Gasteiger partial charge in [0, 0.05) is 23.7 Å². The van der Waals surface area contributed by atoms with Crippen LogP contribution in [0.2, 0.25) is 0 Å². The number of anilines is 1. The third-order valence-corrected chi connectivity index (χ3v) is 3.69. The van der Waals surface area contributed by atoms with Crippen LogP contribution in [0.15, 0.2) is 0 Å².